The number of phenolic OH excluding ortho intramolecular Hbond substituents is 2. The van der Waals surface area contributed by atoms with E-state index in [1.165, 1.54) is 0 Å². The fourth-order valence-corrected chi connectivity index (χ4v) is 3.35. The lowest BCUT2D eigenvalue weighted by molar-refractivity contribution is 0.393. The van der Waals surface area contributed by atoms with Crippen LogP contribution in [0, 0.1) is 0 Å². The highest BCUT2D eigenvalue weighted by Crippen LogP contribution is 2.45. The standard InChI is InChI=1S/C20H19NO2/c1-20(2,3)14-10-11-8-9-13-12-6-4-5-7-15(12)21-17(13)16(11)19(23)18(14)22/h4-10,21-23H,1-3H3. The number of hydrogen-bond acceptors (Lipinski definition) is 2. The van der Waals surface area contributed by atoms with Crippen molar-refractivity contribution in [2.75, 3.05) is 0 Å². The van der Waals surface area contributed by atoms with Gasteiger partial charge < -0.3 is 15.2 Å². The highest BCUT2D eigenvalue weighted by atomic mass is 16.3. The molecule has 3 nitrogen and oxygen atoms in total. The van der Waals surface area contributed by atoms with E-state index in [1.54, 1.807) is 0 Å². The van der Waals surface area contributed by atoms with E-state index in [2.05, 4.69) is 17.1 Å². The second kappa shape index (κ2) is 4.42. The number of hydrogen-bond donors (Lipinski definition) is 3. The molecular weight excluding hydrogens is 286 g/mol. The van der Waals surface area contributed by atoms with Crippen molar-refractivity contribution in [2.24, 2.45) is 0 Å². The predicted molar refractivity (Wildman–Crippen MR) is 95.3 cm³/mol. The molecule has 0 bridgehead atoms. The van der Waals surface area contributed by atoms with Crippen molar-refractivity contribution in [3.63, 3.8) is 0 Å². The van der Waals surface area contributed by atoms with Crippen LogP contribution in [0.1, 0.15) is 26.3 Å². The molecule has 0 saturated heterocycles. The molecule has 3 N–H and O–H groups in total. The quantitative estimate of drug-likeness (QED) is 0.392. The minimum atomic E-state index is -0.245. The Balaban J connectivity index is 2.21. The van der Waals surface area contributed by atoms with Gasteiger partial charge in [-0.2, -0.15) is 0 Å². The van der Waals surface area contributed by atoms with Crippen molar-refractivity contribution >= 4 is 32.6 Å². The Labute approximate surface area is 134 Å². The minimum Gasteiger partial charge on any atom is -0.504 e. The van der Waals surface area contributed by atoms with Crippen LogP contribution >= 0.6 is 0 Å². The lowest BCUT2D eigenvalue weighted by Crippen LogP contribution is -2.11. The number of aromatic nitrogens is 1. The zero-order chi connectivity index (χ0) is 16.4. The van der Waals surface area contributed by atoms with Crippen molar-refractivity contribution in [1.29, 1.82) is 0 Å². The molecule has 0 saturated carbocycles. The number of aromatic amines is 1. The van der Waals surface area contributed by atoms with E-state index in [0.29, 0.717) is 5.39 Å². The van der Waals surface area contributed by atoms with Crippen LogP contribution in [-0.4, -0.2) is 15.2 Å². The van der Waals surface area contributed by atoms with Crippen LogP contribution in [0.15, 0.2) is 42.5 Å². The fourth-order valence-electron chi connectivity index (χ4n) is 3.35. The molecule has 23 heavy (non-hydrogen) atoms. The number of benzene rings is 3. The van der Waals surface area contributed by atoms with Gasteiger partial charge in [0.1, 0.15) is 0 Å². The van der Waals surface area contributed by atoms with E-state index < -0.39 is 0 Å². The maximum absolute atomic E-state index is 10.7. The molecule has 3 aromatic carbocycles. The minimum absolute atomic E-state index is 0.0313. The molecule has 0 amide bonds. The summed E-state index contributed by atoms with van der Waals surface area (Å²) >= 11 is 0. The number of phenols is 2. The summed E-state index contributed by atoms with van der Waals surface area (Å²) in [6, 6.07) is 14.1. The Kier molecular flexibility index (Phi) is 2.68. The van der Waals surface area contributed by atoms with Crippen molar-refractivity contribution in [3.05, 3.63) is 48.0 Å². The Morgan fingerprint density at radius 2 is 1.61 bits per heavy atom. The topological polar surface area (TPSA) is 56.2 Å². The summed E-state index contributed by atoms with van der Waals surface area (Å²) < 4.78 is 0. The largest absolute Gasteiger partial charge is 0.504 e. The van der Waals surface area contributed by atoms with E-state index in [4.69, 9.17) is 0 Å². The van der Waals surface area contributed by atoms with Gasteiger partial charge in [0.05, 0.1) is 10.9 Å². The van der Waals surface area contributed by atoms with Crippen LogP contribution in [0.2, 0.25) is 0 Å². The average molecular weight is 305 g/mol. The normalized spacial score (nSPS) is 12.5. The van der Waals surface area contributed by atoms with Crippen LogP contribution in [0.25, 0.3) is 32.6 Å². The number of para-hydroxylation sites is 1. The molecule has 0 fully saturated rings. The van der Waals surface area contributed by atoms with Gasteiger partial charge in [-0.25, -0.2) is 0 Å². The molecule has 0 aliphatic heterocycles. The SMILES string of the molecule is CC(C)(C)c1cc2ccc3c4ccccc4[nH]c3c2c(O)c1O. The van der Waals surface area contributed by atoms with E-state index in [1.807, 2.05) is 51.1 Å². The number of nitrogens with one attached hydrogen (secondary N) is 1. The lowest BCUT2D eigenvalue weighted by atomic mass is 9.84. The van der Waals surface area contributed by atoms with Gasteiger partial charge in [-0.3, -0.25) is 0 Å². The molecular formula is C20H19NO2. The molecule has 1 aromatic heterocycles. The highest BCUT2D eigenvalue weighted by molar-refractivity contribution is 6.19. The number of aromatic hydroxyl groups is 2. The molecule has 4 rings (SSSR count). The van der Waals surface area contributed by atoms with Gasteiger partial charge in [0.25, 0.3) is 0 Å². The second-order valence-corrected chi connectivity index (χ2v) is 7.13. The number of fused-ring (bicyclic) bond motifs is 5. The first-order chi connectivity index (χ1) is 10.9. The molecule has 0 unspecified atom stereocenters. The monoisotopic (exact) mass is 305 g/mol. The predicted octanol–water partition coefficient (Wildman–Crippen LogP) is 5.18. The molecule has 0 aliphatic rings. The van der Waals surface area contributed by atoms with Crippen LogP contribution in [-0.2, 0) is 5.41 Å². The summed E-state index contributed by atoms with van der Waals surface area (Å²) in [6.45, 7) is 6.07. The molecule has 0 atom stereocenters. The summed E-state index contributed by atoms with van der Waals surface area (Å²) in [6.07, 6.45) is 0. The average Bonchev–Trinajstić information content (AvgIpc) is 2.87. The van der Waals surface area contributed by atoms with Crippen LogP contribution in [0.5, 0.6) is 11.5 Å². The third-order valence-electron chi connectivity index (χ3n) is 4.54. The fraction of sp³-hybridized carbons (Fsp3) is 0.200. The Morgan fingerprint density at radius 1 is 0.870 bits per heavy atom. The first kappa shape index (κ1) is 13.9. The Morgan fingerprint density at radius 3 is 2.35 bits per heavy atom. The van der Waals surface area contributed by atoms with Gasteiger partial charge in [-0.1, -0.05) is 51.1 Å². The Bertz CT molecular complexity index is 1070. The molecule has 0 spiro atoms. The third-order valence-corrected chi connectivity index (χ3v) is 4.54. The molecule has 1 heterocycles. The van der Waals surface area contributed by atoms with Crippen molar-refractivity contribution in [2.45, 2.75) is 26.2 Å². The van der Waals surface area contributed by atoms with Crippen LogP contribution in [0.4, 0.5) is 0 Å². The van der Waals surface area contributed by atoms with Gasteiger partial charge >= 0.3 is 0 Å². The summed E-state index contributed by atoms with van der Waals surface area (Å²) in [7, 11) is 0. The summed E-state index contributed by atoms with van der Waals surface area (Å²) in [5, 5.41) is 24.9. The summed E-state index contributed by atoms with van der Waals surface area (Å²) in [5.41, 5.74) is 2.38. The smallest absolute Gasteiger partial charge is 0.167 e. The third kappa shape index (κ3) is 1.89. The second-order valence-electron chi connectivity index (χ2n) is 7.13. The van der Waals surface area contributed by atoms with Gasteiger partial charge in [0, 0.05) is 21.9 Å². The van der Waals surface area contributed by atoms with Crippen LogP contribution in [0.3, 0.4) is 0 Å². The van der Waals surface area contributed by atoms with Gasteiger partial charge in [0.15, 0.2) is 11.5 Å². The zero-order valence-electron chi connectivity index (χ0n) is 13.4. The zero-order valence-corrected chi connectivity index (χ0v) is 13.4. The first-order valence-corrected chi connectivity index (χ1v) is 7.76. The van der Waals surface area contributed by atoms with E-state index in [-0.39, 0.29) is 16.9 Å². The molecule has 4 aromatic rings. The van der Waals surface area contributed by atoms with Gasteiger partial charge in [0.2, 0.25) is 0 Å². The van der Waals surface area contributed by atoms with Crippen molar-refractivity contribution in [1.82, 2.24) is 4.98 Å². The van der Waals surface area contributed by atoms with Gasteiger partial charge in [-0.05, 0) is 22.9 Å². The van der Waals surface area contributed by atoms with E-state index >= 15 is 0 Å². The maximum Gasteiger partial charge on any atom is 0.167 e. The maximum atomic E-state index is 10.7. The summed E-state index contributed by atoms with van der Waals surface area (Å²) in [4.78, 5) is 3.38. The summed E-state index contributed by atoms with van der Waals surface area (Å²) in [5.74, 6) is -0.0827. The molecule has 116 valence electrons. The Hall–Kier alpha value is -2.68. The molecule has 0 radical (unpaired) electrons. The number of H-pyrrole nitrogens is 1. The van der Waals surface area contributed by atoms with E-state index in [9.17, 15) is 10.2 Å². The van der Waals surface area contributed by atoms with Crippen LogP contribution < -0.4 is 0 Å². The van der Waals surface area contributed by atoms with Crippen molar-refractivity contribution in [3.8, 4) is 11.5 Å². The van der Waals surface area contributed by atoms with Gasteiger partial charge in [-0.15, -0.1) is 0 Å². The highest BCUT2D eigenvalue weighted by Gasteiger charge is 2.23. The molecule has 0 aliphatic carbocycles. The van der Waals surface area contributed by atoms with Crippen molar-refractivity contribution < 1.29 is 10.2 Å². The van der Waals surface area contributed by atoms with E-state index in [0.717, 1.165) is 32.8 Å². The number of rotatable bonds is 0. The lowest BCUT2D eigenvalue weighted by Gasteiger charge is -2.22. The molecule has 3 heteroatoms. The first-order valence-electron chi connectivity index (χ1n) is 7.76.